The number of halogens is 1. The summed E-state index contributed by atoms with van der Waals surface area (Å²) in [6.45, 7) is 0.813. The molecule has 1 saturated heterocycles. The van der Waals surface area contributed by atoms with Crippen molar-refractivity contribution < 1.29 is 19.1 Å². The summed E-state index contributed by atoms with van der Waals surface area (Å²) in [6.07, 6.45) is 1.70. The molecule has 1 aromatic carbocycles. The van der Waals surface area contributed by atoms with Gasteiger partial charge in [0.05, 0.1) is 0 Å². The maximum atomic E-state index is 13.0. The zero-order valence-corrected chi connectivity index (χ0v) is 11.0. The molecule has 1 aromatic rings. The lowest BCUT2D eigenvalue weighted by Crippen LogP contribution is -2.46. The predicted octanol–water partition coefficient (Wildman–Crippen LogP) is 1.63. The highest BCUT2D eigenvalue weighted by atomic mass is 19.1. The van der Waals surface area contributed by atoms with Crippen molar-refractivity contribution in [2.45, 2.75) is 25.3 Å². The van der Waals surface area contributed by atoms with Crippen LogP contribution in [0.25, 0.3) is 0 Å². The molecule has 0 spiro atoms. The monoisotopic (exact) mass is 280 g/mol. The van der Waals surface area contributed by atoms with Crippen LogP contribution in [0.5, 0.6) is 0 Å². The minimum absolute atomic E-state index is 0.306. The van der Waals surface area contributed by atoms with Crippen LogP contribution < -0.4 is 5.32 Å². The maximum absolute atomic E-state index is 13.0. The van der Waals surface area contributed by atoms with Gasteiger partial charge in [0, 0.05) is 13.1 Å². The van der Waals surface area contributed by atoms with Gasteiger partial charge in [0.1, 0.15) is 11.9 Å². The number of carbonyl (C=O) groups excluding carboxylic acids is 1. The van der Waals surface area contributed by atoms with Crippen LogP contribution in [0.2, 0.25) is 0 Å². The molecule has 0 aliphatic carbocycles. The quantitative estimate of drug-likeness (QED) is 0.880. The molecule has 1 atom stereocenters. The van der Waals surface area contributed by atoms with Crippen LogP contribution in [0, 0.1) is 5.82 Å². The third-order valence-corrected chi connectivity index (χ3v) is 3.38. The van der Waals surface area contributed by atoms with E-state index in [4.69, 9.17) is 5.11 Å². The predicted molar refractivity (Wildman–Crippen MR) is 70.9 cm³/mol. The van der Waals surface area contributed by atoms with E-state index in [1.807, 2.05) is 0 Å². The number of benzene rings is 1. The van der Waals surface area contributed by atoms with Gasteiger partial charge >= 0.3 is 12.0 Å². The Labute approximate surface area is 116 Å². The topological polar surface area (TPSA) is 69.6 Å². The van der Waals surface area contributed by atoms with Crippen molar-refractivity contribution in [2.24, 2.45) is 0 Å². The zero-order valence-electron chi connectivity index (χ0n) is 11.0. The number of likely N-dealkylation sites (tertiary alicyclic amines) is 1. The Hall–Kier alpha value is -2.11. The molecule has 2 rings (SSSR count). The highest BCUT2D eigenvalue weighted by molar-refractivity contribution is 5.83. The first-order valence-corrected chi connectivity index (χ1v) is 6.59. The van der Waals surface area contributed by atoms with E-state index in [9.17, 15) is 14.0 Å². The summed E-state index contributed by atoms with van der Waals surface area (Å²) in [5, 5.41) is 11.7. The van der Waals surface area contributed by atoms with Crippen molar-refractivity contribution in [2.75, 3.05) is 13.1 Å². The van der Waals surface area contributed by atoms with Gasteiger partial charge in [-0.3, -0.25) is 0 Å². The smallest absolute Gasteiger partial charge is 0.326 e. The average molecular weight is 280 g/mol. The van der Waals surface area contributed by atoms with Gasteiger partial charge in [0.15, 0.2) is 0 Å². The van der Waals surface area contributed by atoms with Crippen LogP contribution in [0.15, 0.2) is 24.3 Å². The van der Waals surface area contributed by atoms with Crippen LogP contribution in [0.4, 0.5) is 9.18 Å². The van der Waals surface area contributed by atoms with E-state index in [-0.39, 0.29) is 11.8 Å². The van der Waals surface area contributed by atoms with Crippen molar-refractivity contribution in [1.82, 2.24) is 10.2 Å². The Morgan fingerprint density at radius 3 is 2.95 bits per heavy atom. The number of nitrogens with one attached hydrogen (secondary N) is 1. The molecule has 5 nitrogen and oxygen atoms in total. The van der Waals surface area contributed by atoms with Crippen molar-refractivity contribution in [1.29, 1.82) is 0 Å². The number of hydrogen-bond acceptors (Lipinski definition) is 2. The second-order valence-corrected chi connectivity index (χ2v) is 4.80. The average Bonchev–Trinajstić information content (AvgIpc) is 2.88. The second kappa shape index (κ2) is 6.36. The molecule has 20 heavy (non-hydrogen) atoms. The number of amides is 2. The number of carbonyl (C=O) groups is 2. The van der Waals surface area contributed by atoms with Crippen LogP contribution in [0.1, 0.15) is 18.4 Å². The molecule has 2 amide bonds. The van der Waals surface area contributed by atoms with E-state index in [1.54, 1.807) is 12.1 Å². The maximum Gasteiger partial charge on any atom is 0.326 e. The normalized spacial score (nSPS) is 18.1. The SMILES string of the molecule is O=C(O)C1CCCN1C(=O)NCCc1cccc(F)c1. The van der Waals surface area contributed by atoms with Gasteiger partial charge in [-0.2, -0.15) is 0 Å². The first-order valence-electron chi connectivity index (χ1n) is 6.59. The fourth-order valence-electron chi connectivity index (χ4n) is 2.37. The van der Waals surface area contributed by atoms with Crippen molar-refractivity contribution in [3.05, 3.63) is 35.6 Å². The third-order valence-electron chi connectivity index (χ3n) is 3.38. The number of carboxylic acids is 1. The lowest BCUT2D eigenvalue weighted by atomic mass is 10.1. The molecule has 0 radical (unpaired) electrons. The van der Waals surface area contributed by atoms with Gasteiger partial charge < -0.3 is 15.3 Å². The molecule has 0 aromatic heterocycles. The van der Waals surface area contributed by atoms with E-state index in [0.29, 0.717) is 32.4 Å². The number of aliphatic carboxylic acids is 1. The summed E-state index contributed by atoms with van der Waals surface area (Å²) < 4.78 is 13.0. The Morgan fingerprint density at radius 1 is 1.45 bits per heavy atom. The van der Waals surface area contributed by atoms with Crippen molar-refractivity contribution in [3.8, 4) is 0 Å². The van der Waals surface area contributed by atoms with E-state index in [2.05, 4.69) is 5.32 Å². The lowest BCUT2D eigenvalue weighted by molar-refractivity contribution is -0.141. The van der Waals surface area contributed by atoms with Crippen molar-refractivity contribution in [3.63, 3.8) is 0 Å². The van der Waals surface area contributed by atoms with Gasteiger partial charge in [0.25, 0.3) is 0 Å². The van der Waals surface area contributed by atoms with E-state index >= 15 is 0 Å². The highest BCUT2D eigenvalue weighted by Crippen LogP contribution is 2.17. The molecule has 1 aliphatic heterocycles. The lowest BCUT2D eigenvalue weighted by Gasteiger charge is -2.21. The molecular formula is C14H17FN2O3. The largest absolute Gasteiger partial charge is 0.480 e. The number of rotatable bonds is 4. The van der Waals surface area contributed by atoms with Gasteiger partial charge in [-0.25, -0.2) is 14.0 Å². The minimum Gasteiger partial charge on any atom is -0.480 e. The first kappa shape index (κ1) is 14.3. The van der Waals surface area contributed by atoms with E-state index < -0.39 is 12.0 Å². The highest BCUT2D eigenvalue weighted by Gasteiger charge is 2.33. The van der Waals surface area contributed by atoms with Crippen LogP contribution in [-0.2, 0) is 11.2 Å². The van der Waals surface area contributed by atoms with E-state index in [0.717, 1.165) is 5.56 Å². The summed E-state index contributed by atoms with van der Waals surface area (Å²) in [5.41, 5.74) is 0.793. The summed E-state index contributed by atoms with van der Waals surface area (Å²) in [7, 11) is 0. The van der Waals surface area contributed by atoms with Crippen molar-refractivity contribution >= 4 is 12.0 Å². The Morgan fingerprint density at radius 2 is 2.25 bits per heavy atom. The fourth-order valence-corrected chi connectivity index (χ4v) is 2.37. The van der Waals surface area contributed by atoms with Crippen LogP contribution in [-0.4, -0.2) is 41.1 Å². The summed E-state index contributed by atoms with van der Waals surface area (Å²) in [6, 6.07) is 5.08. The number of urea groups is 1. The number of hydrogen-bond donors (Lipinski definition) is 2. The molecular weight excluding hydrogens is 263 g/mol. The standard InChI is InChI=1S/C14H17FN2O3/c15-11-4-1-3-10(9-11)6-7-16-14(20)17-8-2-5-12(17)13(18)19/h1,3-4,9,12H,2,5-8H2,(H,16,20)(H,18,19). The minimum atomic E-state index is -0.970. The molecule has 1 aliphatic rings. The Kier molecular flexibility index (Phi) is 4.55. The number of nitrogens with zero attached hydrogens (tertiary/aromatic N) is 1. The second-order valence-electron chi connectivity index (χ2n) is 4.80. The van der Waals surface area contributed by atoms with Gasteiger partial charge in [0.2, 0.25) is 0 Å². The van der Waals surface area contributed by atoms with Gasteiger partial charge in [-0.1, -0.05) is 12.1 Å². The van der Waals surface area contributed by atoms with E-state index in [1.165, 1.54) is 17.0 Å². The molecule has 6 heteroatoms. The summed E-state index contributed by atoms with van der Waals surface area (Å²) in [4.78, 5) is 24.2. The molecule has 0 saturated carbocycles. The van der Waals surface area contributed by atoms with Crippen LogP contribution in [0.3, 0.4) is 0 Å². The van der Waals surface area contributed by atoms with Crippen LogP contribution >= 0.6 is 0 Å². The molecule has 108 valence electrons. The summed E-state index contributed by atoms with van der Waals surface area (Å²) >= 11 is 0. The Balaban J connectivity index is 1.82. The van der Waals surface area contributed by atoms with Gasteiger partial charge in [-0.15, -0.1) is 0 Å². The zero-order chi connectivity index (χ0) is 14.5. The molecule has 1 unspecified atom stereocenters. The third kappa shape index (κ3) is 3.46. The van der Waals surface area contributed by atoms with Gasteiger partial charge in [-0.05, 0) is 37.0 Å². The molecule has 2 N–H and O–H groups in total. The molecule has 0 bridgehead atoms. The Bertz CT molecular complexity index is 507. The number of carboxylic acid groups (broad SMARTS) is 1. The fraction of sp³-hybridized carbons (Fsp3) is 0.429. The molecule has 1 fully saturated rings. The molecule has 1 heterocycles. The summed E-state index contributed by atoms with van der Waals surface area (Å²) in [5.74, 6) is -1.28. The first-order chi connectivity index (χ1) is 9.58.